The van der Waals surface area contributed by atoms with Gasteiger partial charge < -0.3 is 4.90 Å². The Balaban J connectivity index is 2.48. The number of para-hydroxylation sites is 1. The van der Waals surface area contributed by atoms with Crippen molar-refractivity contribution in [3.8, 4) is 0 Å². The average molecular weight is 291 g/mol. The minimum absolute atomic E-state index is 0.944. The number of nitrogens with zero attached hydrogens (tertiary/aromatic N) is 2. The second-order valence-corrected chi connectivity index (χ2v) is 4.90. The molecule has 17 heavy (non-hydrogen) atoms. The monoisotopic (exact) mass is 290 g/mol. The van der Waals surface area contributed by atoms with Crippen molar-refractivity contribution >= 4 is 27.4 Å². The fourth-order valence-corrected chi connectivity index (χ4v) is 2.31. The maximum absolute atomic E-state index is 4.44. The van der Waals surface area contributed by atoms with Crippen LogP contribution in [0.1, 0.15) is 11.1 Å². The van der Waals surface area contributed by atoms with E-state index in [1.54, 1.807) is 0 Å². The molecule has 0 bridgehead atoms. The van der Waals surface area contributed by atoms with E-state index in [2.05, 4.69) is 51.8 Å². The Morgan fingerprint density at radius 2 is 1.76 bits per heavy atom. The zero-order valence-electron chi connectivity index (χ0n) is 10.2. The molecule has 3 heteroatoms. The predicted octanol–water partition coefficient (Wildman–Crippen LogP) is 4.23. The Morgan fingerprint density at radius 3 is 2.47 bits per heavy atom. The lowest BCUT2D eigenvalue weighted by atomic mass is 10.2. The molecule has 1 aromatic heterocycles. The summed E-state index contributed by atoms with van der Waals surface area (Å²) in [6.45, 7) is 4.18. The molecule has 0 fully saturated rings. The number of hydrogen-bond donors (Lipinski definition) is 0. The summed E-state index contributed by atoms with van der Waals surface area (Å²) in [7, 11) is 2.04. The van der Waals surface area contributed by atoms with Gasteiger partial charge in [0.05, 0.1) is 4.47 Å². The summed E-state index contributed by atoms with van der Waals surface area (Å²) < 4.78 is 1.05. The van der Waals surface area contributed by atoms with Gasteiger partial charge in [-0.2, -0.15) is 0 Å². The van der Waals surface area contributed by atoms with Crippen LogP contribution in [-0.2, 0) is 0 Å². The minimum atomic E-state index is 0.944. The molecule has 1 aromatic carbocycles. The van der Waals surface area contributed by atoms with Gasteiger partial charge in [0.1, 0.15) is 5.82 Å². The lowest BCUT2D eigenvalue weighted by Gasteiger charge is -2.22. The van der Waals surface area contributed by atoms with E-state index in [0.717, 1.165) is 10.3 Å². The van der Waals surface area contributed by atoms with E-state index in [9.17, 15) is 0 Å². The number of anilines is 2. The number of rotatable bonds is 2. The van der Waals surface area contributed by atoms with E-state index in [0.29, 0.717) is 0 Å². The molecule has 0 aliphatic rings. The molecule has 0 spiro atoms. The fourth-order valence-electron chi connectivity index (χ4n) is 1.81. The van der Waals surface area contributed by atoms with Crippen LogP contribution in [0.5, 0.6) is 0 Å². The summed E-state index contributed by atoms with van der Waals surface area (Å²) in [4.78, 5) is 6.54. The molecule has 0 aliphatic heterocycles. The Morgan fingerprint density at radius 1 is 1.06 bits per heavy atom. The summed E-state index contributed by atoms with van der Waals surface area (Å²) in [5.74, 6) is 0.944. The topological polar surface area (TPSA) is 16.1 Å². The van der Waals surface area contributed by atoms with E-state index in [4.69, 9.17) is 0 Å². The van der Waals surface area contributed by atoms with Crippen molar-refractivity contribution in [3.05, 3.63) is 52.1 Å². The second kappa shape index (κ2) is 4.88. The highest BCUT2D eigenvalue weighted by molar-refractivity contribution is 9.10. The first-order valence-corrected chi connectivity index (χ1v) is 6.31. The first kappa shape index (κ1) is 12.1. The van der Waals surface area contributed by atoms with Crippen LogP contribution < -0.4 is 4.90 Å². The Bertz CT molecular complexity index is 537. The number of aryl methyl sites for hydroxylation is 2. The van der Waals surface area contributed by atoms with Crippen LogP contribution in [0.4, 0.5) is 11.5 Å². The van der Waals surface area contributed by atoms with Crippen molar-refractivity contribution < 1.29 is 0 Å². The van der Waals surface area contributed by atoms with Gasteiger partial charge in [0.15, 0.2) is 0 Å². The number of pyridine rings is 1. The molecule has 88 valence electrons. The fraction of sp³-hybridized carbons (Fsp3) is 0.214. The Labute approximate surface area is 110 Å². The molecule has 1 heterocycles. The van der Waals surface area contributed by atoms with Gasteiger partial charge in [-0.3, -0.25) is 0 Å². The lowest BCUT2D eigenvalue weighted by Crippen LogP contribution is -2.13. The maximum Gasteiger partial charge on any atom is 0.147 e. The molecule has 2 rings (SSSR count). The quantitative estimate of drug-likeness (QED) is 0.823. The third-order valence-corrected chi connectivity index (χ3v) is 3.84. The minimum Gasteiger partial charge on any atom is -0.328 e. The highest BCUT2D eigenvalue weighted by Gasteiger charge is 2.12. The third-order valence-electron chi connectivity index (χ3n) is 2.86. The van der Waals surface area contributed by atoms with E-state index in [-0.39, 0.29) is 0 Å². The van der Waals surface area contributed by atoms with Crippen LogP contribution >= 0.6 is 15.9 Å². The van der Waals surface area contributed by atoms with Crippen LogP contribution in [-0.4, -0.2) is 12.0 Å². The van der Waals surface area contributed by atoms with Gasteiger partial charge in [-0.25, -0.2) is 4.98 Å². The van der Waals surface area contributed by atoms with Crippen LogP contribution in [0.25, 0.3) is 0 Å². The van der Waals surface area contributed by atoms with E-state index < -0.39 is 0 Å². The van der Waals surface area contributed by atoms with Crippen molar-refractivity contribution in [2.45, 2.75) is 13.8 Å². The molecule has 0 unspecified atom stereocenters. The molecule has 0 radical (unpaired) electrons. The van der Waals surface area contributed by atoms with Crippen molar-refractivity contribution in [1.82, 2.24) is 4.98 Å². The summed E-state index contributed by atoms with van der Waals surface area (Å²) in [5.41, 5.74) is 3.60. The number of halogens is 1. The summed E-state index contributed by atoms with van der Waals surface area (Å²) >= 11 is 3.60. The molecular weight excluding hydrogens is 276 g/mol. The van der Waals surface area contributed by atoms with Crippen LogP contribution in [0.2, 0.25) is 0 Å². The highest BCUT2D eigenvalue weighted by atomic mass is 79.9. The maximum atomic E-state index is 4.44. The average Bonchev–Trinajstić information content (AvgIpc) is 2.32. The second-order valence-electron chi connectivity index (χ2n) is 4.11. The van der Waals surface area contributed by atoms with E-state index in [1.807, 2.05) is 31.4 Å². The van der Waals surface area contributed by atoms with E-state index >= 15 is 0 Å². The van der Waals surface area contributed by atoms with E-state index in [1.165, 1.54) is 16.8 Å². The van der Waals surface area contributed by atoms with Crippen LogP contribution in [0, 0.1) is 13.8 Å². The van der Waals surface area contributed by atoms with Crippen molar-refractivity contribution in [2.75, 3.05) is 11.9 Å². The SMILES string of the molecule is Cc1ccccc1N(C)c1nccc(C)c1Br. The lowest BCUT2D eigenvalue weighted by molar-refractivity contribution is 1.09. The van der Waals surface area contributed by atoms with Crippen molar-refractivity contribution in [1.29, 1.82) is 0 Å². The zero-order valence-corrected chi connectivity index (χ0v) is 11.8. The van der Waals surface area contributed by atoms with Gasteiger partial charge in [0.25, 0.3) is 0 Å². The van der Waals surface area contributed by atoms with Gasteiger partial charge in [-0.05, 0) is 53.0 Å². The molecular formula is C14H15BrN2. The first-order valence-electron chi connectivity index (χ1n) is 5.51. The molecule has 2 nitrogen and oxygen atoms in total. The summed E-state index contributed by atoms with van der Waals surface area (Å²) in [5, 5.41) is 0. The molecule has 0 aliphatic carbocycles. The number of benzene rings is 1. The summed E-state index contributed by atoms with van der Waals surface area (Å²) in [6, 6.07) is 10.3. The third kappa shape index (κ3) is 2.34. The molecule has 0 saturated heterocycles. The zero-order chi connectivity index (χ0) is 12.4. The molecule has 0 amide bonds. The molecule has 0 N–H and O–H groups in total. The van der Waals surface area contributed by atoms with Crippen LogP contribution in [0.3, 0.4) is 0 Å². The molecule has 2 aromatic rings. The van der Waals surface area contributed by atoms with Gasteiger partial charge in [0.2, 0.25) is 0 Å². The van der Waals surface area contributed by atoms with Gasteiger partial charge in [0, 0.05) is 18.9 Å². The Kier molecular flexibility index (Phi) is 3.48. The predicted molar refractivity (Wildman–Crippen MR) is 75.9 cm³/mol. The smallest absolute Gasteiger partial charge is 0.147 e. The molecule has 0 saturated carbocycles. The number of hydrogen-bond acceptors (Lipinski definition) is 2. The van der Waals surface area contributed by atoms with Crippen LogP contribution in [0.15, 0.2) is 41.0 Å². The highest BCUT2D eigenvalue weighted by Crippen LogP contribution is 2.32. The van der Waals surface area contributed by atoms with Crippen molar-refractivity contribution in [3.63, 3.8) is 0 Å². The van der Waals surface area contributed by atoms with Gasteiger partial charge in [-0.15, -0.1) is 0 Å². The largest absolute Gasteiger partial charge is 0.328 e. The van der Waals surface area contributed by atoms with Gasteiger partial charge in [-0.1, -0.05) is 18.2 Å². The Hall–Kier alpha value is -1.35. The molecule has 0 atom stereocenters. The van der Waals surface area contributed by atoms with Crippen molar-refractivity contribution in [2.24, 2.45) is 0 Å². The standard InChI is InChI=1S/C14H15BrN2/c1-10-6-4-5-7-12(10)17(3)14-13(15)11(2)8-9-16-14/h4-9H,1-3H3. The summed E-state index contributed by atoms with van der Waals surface area (Å²) in [6.07, 6.45) is 1.84. The normalized spacial score (nSPS) is 10.4. The number of aromatic nitrogens is 1. The first-order chi connectivity index (χ1) is 8.11. The van der Waals surface area contributed by atoms with Gasteiger partial charge >= 0.3 is 0 Å².